The lowest BCUT2D eigenvalue weighted by Gasteiger charge is -2.07. The van der Waals surface area contributed by atoms with Gasteiger partial charge in [0.2, 0.25) is 0 Å². The van der Waals surface area contributed by atoms with Crippen LogP contribution in [0.15, 0.2) is 39.2 Å². The summed E-state index contributed by atoms with van der Waals surface area (Å²) in [6.45, 7) is 3.68. The molecule has 0 saturated carbocycles. The van der Waals surface area contributed by atoms with E-state index in [4.69, 9.17) is 0 Å². The molecule has 1 aromatic carbocycles. The highest BCUT2D eigenvalue weighted by Crippen LogP contribution is 2.34. The Labute approximate surface area is 136 Å². The number of aromatic hydroxyl groups is 1. The van der Waals surface area contributed by atoms with Gasteiger partial charge in [-0.1, -0.05) is 6.08 Å². The molecule has 110 valence electrons. The van der Waals surface area contributed by atoms with Crippen LogP contribution >= 0.6 is 27.7 Å². The first-order valence-electron chi connectivity index (χ1n) is 6.24. The van der Waals surface area contributed by atoms with E-state index in [-0.39, 0.29) is 11.7 Å². The summed E-state index contributed by atoms with van der Waals surface area (Å²) in [5.74, 6) is 0.130. The van der Waals surface area contributed by atoms with Crippen molar-refractivity contribution in [2.24, 2.45) is 4.99 Å². The van der Waals surface area contributed by atoms with Crippen molar-refractivity contribution in [3.63, 3.8) is 0 Å². The van der Waals surface area contributed by atoms with Crippen molar-refractivity contribution in [3.05, 3.63) is 45.3 Å². The maximum atomic E-state index is 12.1. The molecule has 1 aromatic rings. The number of phenolic OH excluding ortho intramolecular Hbond substituents is 1. The second kappa shape index (κ2) is 6.49. The molecule has 1 N–H and O–H groups in total. The van der Waals surface area contributed by atoms with E-state index in [0.29, 0.717) is 21.0 Å². The molecule has 0 bridgehead atoms. The molecule has 0 aliphatic carbocycles. The number of hydrogen-bond donors (Lipinski definition) is 1. The van der Waals surface area contributed by atoms with Crippen molar-refractivity contribution >= 4 is 44.8 Å². The quantitative estimate of drug-likeness (QED) is 0.658. The number of carbonyl (C=O) groups is 1. The first-order valence-corrected chi connectivity index (χ1v) is 7.85. The maximum absolute atomic E-state index is 12.1. The van der Waals surface area contributed by atoms with Gasteiger partial charge in [-0.3, -0.25) is 14.7 Å². The third-order valence-corrected chi connectivity index (χ3v) is 4.78. The Morgan fingerprint density at radius 3 is 2.81 bits per heavy atom. The zero-order chi connectivity index (χ0) is 15.6. The van der Waals surface area contributed by atoms with Gasteiger partial charge in [0.25, 0.3) is 5.91 Å². The number of nitrogens with zero attached hydrogens (tertiary/aromatic N) is 2. The van der Waals surface area contributed by atoms with Crippen molar-refractivity contribution in [3.8, 4) is 5.75 Å². The minimum absolute atomic E-state index is 0.0740. The number of carbonyl (C=O) groups excluding carboxylic acids is 1. The monoisotopic (exact) mass is 366 g/mol. The highest BCUT2D eigenvalue weighted by molar-refractivity contribution is 9.10. The van der Waals surface area contributed by atoms with Crippen molar-refractivity contribution in [2.75, 3.05) is 14.1 Å². The van der Waals surface area contributed by atoms with E-state index in [2.05, 4.69) is 27.5 Å². The predicted molar refractivity (Wildman–Crippen MR) is 91.4 cm³/mol. The van der Waals surface area contributed by atoms with Gasteiger partial charge in [-0.2, -0.15) is 0 Å². The molecule has 21 heavy (non-hydrogen) atoms. The Balaban J connectivity index is 2.42. The number of likely N-dealkylation sites (N-methyl/N-ethyl adjacent to an activating group) is 1. The topological polar surface area (TPSA) is 52.9 Å². The fourth-order valence-corrected chi connectivity index (χ4v) is 3.42. The highest BCUT2D eigenvalue weighted by Gasteiger charge is 2.29. The van der Waals surface area contributed by atoms with Crippen molar-refractivity contribution in [2.45, 2.75) is 6.42 Å². The molecule has 1 aliphatic rings. The summed E-state index contributed by atoms with van der Waals surface area (Å²) >= 11 is 4.67. The average Bonchev–Trinajstić information content (AvgIpc) is 2.72. The van der Waals surface area contributed by atoms with Gasteiger partial charge in [0.1, 0.15) is 5.75 Å². The van der Waals surface area contributed by atoms with Crippen LogP contribution in [-0.4, -0.2) is 35.2 Å². The van der Waals surface area contributed by atoms with Crippen LogP contribution in [-0.2, 0) is 11.2 Å². The van der Waals surface area contributed by atoms with Crippen LogP contribution in [0, 0.1) is 0 Å². The van der Waals surface area contributed by atoms with Crippen LogP contribution in [0.2, 0.25) is 0 Å². The van der Waals surface area contributed by atoms with Crippen molar-refractivity contribution < 1.29 is 9.90 Å². The van der Waals surface area contributed by atoms with Gasteiger partial charge in [0.05, 0.1) is 9.38 Å². The number of amidine groups is 1. The molecule has 1 amide bonds. The normalized spacial score (nSPS) is 18.8. The standard InChI is InChI=1S/C15H15BrN2O2S/c1-4-5-10-6-9(7-11(16)13(10)19)8-12-14(20)18(3)15(17-2)21-12/h4,6-8,19H,1,5H2,2-3H3/b12-8-,17-15?. The molecule has 4 nitrogen and oxygen atoms in total. The van der Waals surface area contributed by atoms with Gasteiger partial charge < -0.3 is 5.11 Å². The molecular formula is C15H15BrN2O2S. The van der Waals surface area contributed by atoms with Crippen LogP contribution in [0.4, 0.5) is 0 Å². The third kappa shape index (κ3) is 3.22. The lowest BCUT2D eigenvalue weighted by molar-refractivity contribution is -0.121. The van der Waals surface area contributed by atoms with E-state index in [9.17, 15) is 9.90 Å². The van der Waals surface area contributed by atoms with E-state index in [1.165, 1.54) is 16.7 Å². The average molecular weight is 367 g/mol. The first kappa shape index (κ1) is 15.9. The molecule has 1 aliphatic heterocycles. The molecule has 0 unspecified atom stereocenters. The summed E-state index contributed by atoms with van der Waals surface area (Å²) in [4.78, 5) is 18.3. The van der Waals surface area contributed by atoms with Crippen LogP contribution in [0.1, 0.15) is 11.1 Å². The Hall–Kier alpha value is -1.53. The molecular weight excluding hydrogens is 352 g/mol. The second-order valence-electron chi connectivity index (χ2n) is 4.48. The summed E-state index contributed by atoms with van der Waals surface area (Å²) in [6, 6.07) is 3.63. The lowest BCUT2D eigenvalue weighted by Crippen LogP contribution is -2.23. The molecule has 0 aromatic heterocycles. The number of thioether (sulfide) groups is 1. The lowest BCUT2D eigenvalue weighted by atomic mass is 10.1. The third-order valence-electron chi connectivity index (χ3n) is 3.02. The first-order chi connectivity index (χ1) is 9.97. The number of allylic oxidation sites excluding steroid dienone is 1. The Morgan fingerprint density at radius 2 is 2.24 bits per heavy atom. The summed E-state index contributed by atoms with van der Waals surface area (Å²) in [5.41, 5.74) is 1.61. The van der Waals surface area contributed by atoms with E-state index in [0.717, 1.165) is 11.1 Å². The van der Waals surface area contributed by atoms with Crippen LogP contribution in [0.3, 0.4) is 0 Å². The zero-order valence-electron chi connectivity index (χ0n) is 11.8. The van der Waals surface area contributed by atoms with E-state index < -0.39 is 0 Å². The predicted octanol–water partition coefficient (Wildman–Crippen LogP) is 3.42. The molecule has 6 heteroatoms. The van der Waals surface area contributed by atoms with Crippen LogP contribution in [0.25, 0.3) is 6.08 Å². The Morgan fingerprint density at radius 1 is 1.52 bits per heavy atom. The molecule has 1 heterocycles. The number of rotatable bonds is 3. The van der Waals surface area contributed by atoms with Gasteiger partial charge in [0, 0.05) is 14.1 Å². The Kier molecular flexibility index (Phi) is 4.90. The fraction of sp³-hybridized carbons (Fsp3) is 0.200. The van der Waals surface area contributed by atoms with E-state index in [1.807, 2.05) is 6.07 Å². The van der Waals surface area contributed by atoms with Crippen molar-refractivity contribution in [1.82, 2.24) is 4.90 Å². The summed E-state index contributed by atoms with van der Waals surface area (Å²) in [5, 5.41) is 10.6. The SMILES string of the molecule is C=CCc1cc(/C=C2\SC(=NC)N(C)C2=O)cc(Br)c1O. The minimum Gasteiger partial charge on any atom is -0.506 e. The molecule has 0 spiro atoms. The molecule has 0 radical (unpaired) electrons. The van der Waals surface area contributed by atoms with Gasteiger partial charge >= 0.3 is 0 Å². The smallest absolute Gasteiger partial charge is 0.266 e. The van der Waals surface area contributed by atoms with Gasteiger partial charge in [0.15, 0.2) is 5.17 Å². The number of benzene rings is 1. The van der Waals surface area contributed by atoms with E-state index in [1.54, 1.807) is 32.3 Å². The van der Waals surface area contributed by atoms with Gasteiger partial charge in [-0.05, 0) is 63.4 Å². The number of amides is 1. The highest BCUT2D eigenvalue weighted by atomic mass is 79.9. The molecule has 1 fully saturated rings. The summed E-state index contributed by atoms with van der Waals surface area (Å²) in [6.07, 6.45) is 4.09. The number of phenols is 1. The van der Waals surface area contributed by atoms with Crippen molar-refractivity contribution in [1.29, 1.82) is 0 Å². The van der Waals surface area contributed by atoms with E-state index >= 15 is 0 Å². The molecule has 1 saturated heterocycles. The van der Waals surface area contributed by atoms with Gasteiger partial charge in [-0.25, -0.2) is 0 Å². The number of halogens is 1. The van der Waals surface area contributed by atoms with Crippen LogP contribution < -0.4 is 0 Å². The summed E-state index contributed by atoms with van der Waals surface area (Å²) < 4.78 is 0.599. The zero-order valence-corrected chi connectivity index (χ0v) is 14.2. The number of hydrogen-bond acceptors (Lipinski definition) is 4. The maximum Gasteiger partial charge on any atom is 0.266 e. The second-order valence-corrected chi connectivity index (χ2v) is 6.35. The number of aliphatic imine (C=N–C) groups is 1. The summed E-state index contributed by atoms with van der Waals surface area (Å²) in [7, 11) is 3.36. The van der Waals surface area contributed by atoms with Gasteiger partial charge in [-0.15, -0.1) is 6.58 Å². The van der Waals surface area contributed by atoms with Crippen LogP contribution in [0.5, 0.6) is 5.75 Å². The molecule has 2 rings (SSSR count). The fourth-order valence-electron chi connectivity index (χ4n) is 1.97. The minimum atomic E-state index is -0.0740. The largest absolute Gasteiger partial charge is 0.506 e. The molecule has 0 atom stereocenters. The Bertz CT molecular complexity index is 668.